The molecule has 7 heteroatoms. The van der Waals surface area contributed by atoms with Gasteiger partial charge in [0.25, 0.3) is 0 Å². The predicted octanol–water partition coefficient (Wildman–Crippen LogP) is 4.12. The summed E-state index contributed by atoms with van der Waals surface area (Å²) in [6.07, 6.45) is 0.948. The second-order valence-electron chi connectivity index (χ2n) is 5.99. The van der Waals surface area contributed by atoms with Crippen LogP contribution in [0.2, 0.25) is 0 Å². The van der Waals surface area contributed by atoms with Gasteiger partial charge in [0.1, 0.15) is 10.8 Å². The number of aromatic nitrogens is 1. The van der Waals surface area contributed by atoms with Crippen molar-refractivity contribution in [2.75, 3.05) is 19.2 Å². The molecule has 0 radical (unpaired) electrons. The number of amides is 1. The fraction of sp³-hybridized carbons (Fsp3) is 0.200. The Morgan fingerprint density at radius 1 is 1.19 bits per heavy atom. The number of hydrogen-bond acceptors (Lipinski definition) is 6. The molecule has 3 aromatic rings. The first-order chi connectivity index (χ1) is 13.2. The number of methoxy groups -OCH3 is 1. The summed E-state index contributed by atoms with van der Waals surface area (Å²) in [5.74, 6) is 2.10. The lowest BCUT2D eigenvalue weighted by atomic mass is 10.2. The zero-order chi connectivity index (χ0) is 18.6. The fourth-order valence-electron chi connectivity index (χ4n) is 2.73. The standard InChI is InChI=1S/C20H18N2O4S/c1-24-16-6-2-13(3-7-16)20-22-15(11-27-20)5-9-19(23)21-14-4-8-17-18(10-14)26-12-25-17/h2-4,6-8,10-11H,5,9,12H2,1H3,(H,21,23). The highest BCUT2D eigenvalue weighted by atomic mass is 32.1. The van der Waals surface area contributed by atoms with Crippen LogP contribution < -0.4 is 19.5 Å². The van der Waals surface area contributed by atoms with E-state index in [1.54, 1.807) is 36.6 Å². The van der Waals surface area contributed by atoms with Crippen molar-refractivity contribution < 1.29 is 19.0 Å². The van der Waals surface area contributed by atoms with E-state index in [4.69, 9.17) is 14.2 Å². The number of benzene rings is 2. The highest BCUT2D eigenvalue weighted by Crippen LogP contribution is 2.34. The van der Waals surface area contributed by atoms with E-state index in [2.05, 4.69) is 10.3 Å². The van der Waals surface area contributed by atoms with E-state index in [0.29, 0.717) is 30.0 Å². The van der Waals surface area contributed by atoms with Crippen LogP contribution in [0.25, 0.3) is 10.6 Å². The minimum atomic E-state index is -0.0622. The first-order valence-corrected chi connectivity index (χ1v) is 9.37. The predicted molar refractivity (Wildman–Crippen MR) is 104 cm³/mol. The summed E-state index contributed by atoms with van der Waals surface area (Å²) in [4.78, 5) is 16.8. The molecular formula is C20H18N2O4S. The summed E-state index contributed by atoms with van der Waals surface area (Å²) in [5, 5.41) is 5.81. The maximum atomic E-state index is 12.2. The molecular weight excluding hydrogens is 364 g/mol. The van der Waals surface area contributed by atoms with E-state index in [-0.39, 0.29) is 12.7 Å². The van der Waals surface area contributed by atoms with Gasteiger partial charge in [-0.25, -0.2) is 4.98 Å². The Bertz CT molecular complexity index is 953. The molecule has 0 atom stereocenters. The van der Waals surface area contributed by atoms with Gasteiger partial charge in [-0.05, 0) is 42.8 Å². The number of thiazole rings is 1. The molecule has 27 heavy (non-hydrogen) atoms. The topological polar surface area (TPSA) is 69.7 Å². The summed E-state index contributed by atoms with van der Waals surface area (Å²) in [5.41, 5.74) is 2.64. The number of hydrogen-bond donors (Lipinski definition) is 1. The highest BCUT2D eigenvalue weighted by molar-refractivity contribution is 7.13. The summed E-state index contributed by atoms with van der Waals surface area (Å²) in [6.45, 7) is 0.215. The van der Waals surface area contributed by atoms with Gasteiger partial charge in [0.15, 0.2) is 11.5 Å². The van der Waals surface area contributed by atoms with Crippen molar-refractivity contribution in [2.24, 2.45) is 0 Å². The van der Waals surface area contributed by atoms with Gasteiger partial charge in [0, 0.05) is 29.1 Å². The van der Waals surface area contributed by atoms with Crippen LogP contribution in [0.1, 0.15) is 12.1 Å². The lowest BCUT2D eigenvalue weighted by molar-refractivity contribution is -0.116. The van der Waals surface area contributed by atoms with E-state index in [1.165, 1.54) is 0 Å². The van der Waals surface area contributed by atoms with Gasteiger partial charge < -0.3 is 19.5 Å². The minimum Gasteiger partial charge on any atom is -0.497 e. The molecule has 1 aliphatic heterocycles. The first-order valence-electron chi connectivity index (χ1n) is 8.49. The minimum absolute atomic E-state index is 0.0622. The van der Waals surface area contributed by atoms with Crippen LogP contribution in [0.3, 0.4) is 0 Å². The molecule has 6 nitrogen and oxygen atoms in total. The summed E-state index contributed by atoms with van der Waals surface area (Å²) < 4.78 is 15.8. The van der Waals surface area contributed by atoms with Crippen molar-refractivity contribution in [1.29, 1.82) is 0 Å². The van der Waals surface area contributed by atoms with Crippen LogP contribution >= 0.6 is 11.3 Å². The van der Waals surface area contributed by atoms with Gasteiger partial charge >= 0.3 is 0 Å². The van der Waals surface area contributed by atoms with Crippen LogP contribution in [-0.2, 0) is 11.2 Å². The number of nitrogens with one attached hydrogen (secondary N) is 1. The Balaban J connectivity index is 1.33. The van der Waals surface area contributed by atoms with Crippen molar-refractivity contribution in [3.8, 4) is 27.8 Å². The van der Waals surface area contributed by atoms with Gasteiger partial charge in [-0.2, -0.15) is 0 Å². The molecule has 2 heterocycles. The number of aryl methyl sites for hydroxylation is 1. The Morgan fingerprint density at radius 3 is 2.81 bits per heavy atom. The Labute approximate surface area is 160 Å². The lowest BCUT2D eigenvalue weighted by Gasteiger charge is -2.05. The monoisotopic (exact) mass is 382 g/mol. The zero-order valence-corrected chi connectivity index (χ0v) is 15.5. The Kier molecular flexibility index (Phi) is 4.93. The van der Waals surface area contributed by atoms with Crippen molar-refractivity contribution >= 4 is 22.9 Å². The van der Waals surface area contributed by atoms with Gasteiger partial charge in [0.05, 0.1) is 12.8 Å². The second-order valence-corrected chi connectivity index (χ2v) is 6.85. The molecule has 1 N–H and O–H groups in total. The van der Waals surface area contributed by atoms with E-state index < -0.39 is 0 Å². The average molecular weight is 382 g/mol. The van der Waals surface area contributed by atoms with E-state index in [0.717, 1.165) is 22.0 Å². The van der Waals surface area contributed by atoms with Gasteiger partial charge in [-0.3, -0.25) is 4.79 Å². The van der Waals surface area contributed by atoms with Crippen LogP contribution in [0.5, 0.6) is 17.2 Å². The SMILES string of the molecule is COc1ccc(-c2nc(CCC(=O)Nc3ccc4c(c3)OCO4)cs2)cc1. The van der Waals surface area contributed by atoms with Crippen molar-refractivity contribution in [2.45, 2.75) is 12.8 Å². The third kappa shape index (κ3) is 4.03. The molecule has 1 aliphatic rings. The molecule has 4 rings (SSSR count). The summed E-state index contributed by atoms with van der Waals surface area (Å²) >= 11 is 1.57. The molecule has 0 unspecified atom stereocenters. The number of nitrogens with zero attached hydrogens (tertiary/aromatic N) is 1. The Morgan fingerprint density at radius 2 is 2.00 bits per heavy atom. The smallest absolute Gasteiger partial charge is 0.231 e. The highest BCUT2D eigenvalue weighted by Gasteiger charge is 2.14. The van der Waals surface area contributed by atoms with Gasteiger partial charge in [0.2, 0.25) is 12.7 Å². The number of fused-ring (bicyclic) bond motifs is 1. The number of ether oxygens (including phenoxy) is 3. The maximum Gasteiger partial charge on any atom is 0.231 e. The molecule has 0 bridgehead atoms. The molecule has 138 valence electrons. The summed E-state index contributed by atoms with van der Waals surface area (Å²) in [6, 6.07) is 13.1. The van der Waals surface area contributed by atoms with E-state index >= 15 is 0 Å². The maximum absolute atomic E-state index is 12.2. The molecule has 0 aliphatic carbocycles. The fourth-order valence-corrected chi connectivity index (χ4v) is 3.59. The lowest BCUT2D eigenvalue weighted by Crippen LogP contribution is -2.12. The Hall–Kier alpha value is -3.06. The number of anilines is 1. The van der Waals surface area contributed by atoms with E-state index in [1.807, 2.05) is 29.6 Å². The molecule has 1 aromatic heterocycles. The van der Waals surface area contributed by atoms with E-state index in [9.17, 15) is 4.79 Å². The van der Waals surface area contributed by atoms with Crippen molar-refractivity contribution in [1.82, 2.24) is 4.98 Å². The van der Waals surface area contributed by atoms with Crippen LogP contribution in [0.4, 0.5) is 5.69 Å². The zero-order valence-electron chi connectivity index (χ0n) is 14.7. The summed E-state index contributed by atoms with van der Waals surface area (Å²) in [7, 11) is 1.64. The quantitative estimate of drug-likeness (QED) is 0.694. The molecule has 0 saturated carbocycles. The third-order valence-corrected chi connectivity index (χ3v) is 5.09. The average Bonchev–Trinajstić information content (AvgIpc) is 3.35. The largest absolute Gasteiger partial charge is 0.497 e. The third-order valence-electron chi connectivity index (χ3n) is 4.15. The first kappa shape index (κ1) is 17.4. The van der Waals surface area contributed by atoms with Crippen LogP contribution in [0, 0.1) is 0 Å². The van der Waals surface area contributed by atoms with Gasteiger partial charge in [-0.15, -0.1) is 11.3 Å². The second kappa shape index (κ2) is 7.67. The van der Waals surface area contributed by atoms with Crippen LogP contribution in [-0.4, -0.2) is 24.8 Å². The number of carbonyl (C=O) groups excluding carboxylic acids is 1. The molecule has 0 spiro atoms. The molecule has 0 fully saturated rings. The van der Waals surface area contributed by atoms with Gasteiger partial charge in [-0.1, -0.05) is 0 Å². The normalized spacial score (nSPS) is 12.0. The number of rotatable bonds is 6. The van der Waals surface area contributed by atoms with Crippen molar-refractivity contribution in [3.05, 3.63) is 53.5 Å². The molecule has 0 saturated heterocycles. The number of carbonyl (C=O) groups is 1. The molecule has 1 amide bonds. The van der Waals surface area contributed by atoms with Crippen molar-refractivity contribution in [3.63, 3.8) is 0 Å². The van der Waals surface area contributed by atoms with Crippen LogP contribution in [0.15, 0.2) is 47.8 Å². The molecule has 2 aromatic carbocycles.